The van der Waals surface area contributed by atoms with E-state index in [0.717, 1.165) is 10.9 Å². The van der Waals surface area contributed by atoms with Gasteiger partial charge in [-0.3, -0.25) is 0 Å². The summed E-state index contributed by atoms with van der Waals surface area (Å²) in [6.07, 6.45) is 0. The number of rotatable bonds is 4. The SMILES string of the molecule is CN(C)CC(N)c1noc(-c2csc3ccccc23)n1. The van der Waals surface area contributed by atoms with Crippen LogP contribution in [0.25, 0.3) is 21.5 Å². The van der Waals surface area contributed by atoms with Gasteiger partial charge in [-0.05, 0) is 20.2 Å². The maximum atomic E-state index is 6.05. The van der Waals surface area contributed by atoms with Gasteiger partial charge in [0.2, 0.25) is 0 Å². The maximum absolute atomic E-state index is 6.05. The fourth-order valence-corrected chi connectivity index (χ4v) is 3.05. The number of aromatic nitrogens is 2. The highest BCUT2D eigenvalue weighted by molar-refractivity contribution is 7.17. The molecule has 104 valence electrons. The van der Waals surface area contributed by atoms with Crippen molar-refractivity contribution < 1.29 is 4.52 Å². The molecule has 2 heterocycles. The Kier molecular flexibility index (Phi) is 3.52. The van der Waals surface area contributed by atoms with E-state index in [4.69, 9.17) is 10.3 Å². The van der Waals surface area contributed by atoms with Crippen molar-refractivity contribution in [2.24, 2.45) is 5.73 Å². The standard InChI is InChI=1S/C14H16N4OS/c1-18(2)7-11(15)13-16-14(19-17-13)10-8-20-12-6-4-3-5-9(10)12/h3-6,8,11H,7,15H2,1-2H3. The molecule has 3 rings (SSSR count). The summed E-state index contributed by atoms with van der Waals surface area (Å²) in [4.78, 5) is 6.43. The van der Waals surface area contributed by atoms with Crippen LogP contribution in [0.2, 0.25) is 0 Å². The lowest BCUT2D eigenvalue weighted by Crippen LogP contribution is -2.26. The molecule has 2 N–H and O–H groups in total. The van der Waals surface area contributed by atoms with Crippen LogP contribution in [0.15, 0.2) is 34.2 Å². The number of hydrogen-bond acceptors (Lipinski definition) is 6. The molecule has 0 aliphatic rings. The van der Waals surface area contributed by atoms with Gasteiger partial charge in [-0.15, -0.1) is 11.3 Å². The van der Waals surface area contributed by atoms with E-state index in [2.05, 4.69) is 22.3 Å². The molecule has 0 fully saturated rings. The first-order valence-corrected chi connectivity index (χ1v) is 7.23. The normalized spacial score (nSPS) is 13.2. The van der Waals surface area contributed by atoms with Crippen molar-refractivity contribution in [3.8, 4) is 11.5 Å². The first kappa shape index (κ1) is 13.2. The van der Waals surface area contributed by atoms with E-state index in [1.54, 1.807) is 11.3 Å². The first-order valence-electron chi connectivity index (χ1n) is 6.35. The highest BCUT2D eigenvalue weighted by atomic mass is 32.1. The van der Waals surface area contributed by atoms with E-state index in [-0.39, 0.29) is 6.04 Å². The van der Waals surface area contributed by atoms with Gasteiger partial charge in [0.05, 0.1) is 11.6 Å². The third-order valence-electron chi connectivity index (χ3n) is 3.05. The average molecular weight is 288 g/mol. The molecular formula is C14H16N4OS. The lowest BCUT2D eigenvalue weighted by atomic mass is 10.2. The van der Waals surface area contributed by atoms with Crippen LogP contribution in [0.5, 0.6) is 0 Å². The van der Waals surface area contributed by atoms with E-state index >= 15 is 0 Å². The highest BCUT2D eigenvalue weighted by Gasteiger charge is 2.17. The molecule has 0 radical (unpaired) electrons. The summed E-state index contributed by atoms with van der Waals surface area (Å²) in [5.74, 6) is 1.08. The number of hydrogen-bond donors (Lipinski definition) is 1. The Morgan fingerprint density at radius 2 is 2.15 bits per heavy atom. The molecule has 0 bridgehead atoms. The zero-order valence-electron chi connectivity index (χ0n) is 11.4. The second kappa shape index (κ2) is 5.32. The molecule has 0 spiro atoms. The molecule has 3 aromatic rings. The van der Waals surface area contributed by atoms with Crippen LogP contribution in [0.1, 0.15) is 11.9 Å². The summed E-state index contributed by atoms with van der Waals surface area (Å²) in [5, 5.41) is 7.17. The molecule has 0 saturated heterocycles. The van der Waals surface area contributed by atoms with E-state index in [9.17, 15) is 0 Å². The first-order chi connectivity index (χ1) is 9.65. The van der Waals surface area contributed by atoms with Gasteiger partial charge < -0.3 is 15.2 Å². The monoisotopic (exact) mass is 288 g/mol. The Bertz CT molecular complexity index is 719. The predicted octanol–water partition coefficient (Wildman–Crippen LogP) is 2.51. The molecule has 0 saturated carbocycles. The predicted molar refractivity (Wildman–Crippen MR) is 80.6 cm³/mol. The van der Waals surface area contributed by atoms with Crippen LogP contribution in [-0.4, -0.2) is 35.7 Å². The molecule has 2 aromatic heterocycles. The van der Waals surface area contributed by atoms with Crippen molar-refractivity contribution in [1.29, 1.82) is 0 Å². The van der Waals surface area contributed by atoms with Crippen molar-refractivity contribution in [2.75, 3.05) is 20.6 Å². The van der Waals surface area contributed by atoms with Crippen molar-refractivity contribution >= 4 is 21.4 Å². The van der Waals surface area contributed by atoms with Crippen molar-refractivity contribution in [2.45, 2.75) is 6.04 Å². The Labute approximate surface area is 121 Å². The zero-order valence-corrected chi connectivity index (χ0v) is 12.2. The minimum Gasteiger partial charge on any atom is -0.334 e. The third kappa shape index (κ3) is 2.45. The molecule has 0 aliphatic heterocycles. The van der Waals surface area contributed by atoms with Crippen LogP contribution in [0.3, 0.4) is 0 Å². The van der Waals surface area contributed by atoms with Crippen LogP contribution >= 0.6 is 11.3 Å². The van der Waals surface area contributed by atoms with E-state index in [0.29, 0.717) is 18.3 Å². The summed E-state index contributed by atoms with van der Waals surface area (Å²) in [6, 6.07) is 7.93. The van der Waals surface area contributed by atoms with Crippen molar-refractivity contribution in [3.63, 3.8) is 0 Å². The van der Waals surface area contributed by atoms with Gasteiger partial charge in [-0.25, -0.2) is 0 Å². The lowest BCUT2D eigenvalue weighted by Gasteiger charge is -2.12. The van der Waals surface area contributed by atoms with Gasteiger partial charge in [-0.2, -0.15) is 4.98 Å². The summed E-state index contributed by atoms with van der Waals surface area (Å²) in [6.45, 7) is 0.684. The largest absolute Gasteiger partial charge is 0.334 e. The second-order valence-corrected chi connectivity index (χ2v) is 5.88. The molecule has 6 heteroatoms. The molecule has 1 aromatic carbocycles. The van der Waals surface area contributed by atoms with Crippen LogP contribution in [-0.2, 0) is 0 Å². The number of nitrogens with two attached hydrogens (primary N) is 1. The van der Waals surface area contributed by atoms with Crippen LogP contribution < -0.4 is 5.73 Å². The molecule has 1 unspecified atom stereocenters. The van der Waals surface area contributed by atoms with E-state index in [1.807, 2.05) is 36.5 Å². The Morgan fingerprint density at radius 3 is 2.95 bits per heavy atom. The number of benzene rings is 1. The quantitative estimate of drug-likeness (QED) is 0.799. The minimum absolute atomic E-state index is 0.243. The molecule has 5 nitrogen and oxygen atoms in total. The highest BCUT2D eigenvalue weighted by Crippen LogP contribution is 2.33. The lowest BCUT2D eigenvalue weighted by molar-refractivity contribution is 0.357. The number of likely N-dealkylation sites (N-methyl/N-ethyl adjacent to an activating group) is 1. The Hall–Kier alpha value is -1.76. The van der Waals surface area contributed by atoms with Gasteiger partial charge in [0.1, 0.15) is 0 Å². The molecule has 0 amide bonds. The fourth-order valence-electron chi connectivity index (χ4n) is 2.11. The average Bonchev–Trinajstić information content (AvgIpc) is 3.04. The van der Waals surface area contributed by atoms with Crippen molar-refractivity contribution in [1.82, 2.24) is 15.0 Å². The number of nitrogens with zero attached hydrogens (tertiary/aromatic N) is 3. The van der Waals surface area contributed by atoms with E-state index < -0.39 is 0 Å². The molecule has 0 aliphatic carbocycles. The van der Waals surface area contributed by atoms with Crippen LogP contribution in [0.4, 0.5) is 0 Å². The molecular weight excluding hydrogens is 272 g/mol. The smallest absolute Gasteiger partial charge is 0.259 e. The van der Waals surface area contributed by atoms with Crippen LogP contribution in [0, 0.1) is 0 Å². The van der Waals surface area contributed by atoms with Gasteiger partial charge in [0, 0.05) is 22.0 Å². The summed E-state index contributed by atoms with van der Waals surface area (Å²) < 4.78 is 6.58. The van der Waals surface area contributed by atoms with Crippen molar-refractivity contribution in [3.05, 3.63) is 35.5 Å². The summed E-state index contributed by atoms with van der Waals surface area (Å²) in [7, 11) is 3.93. The van der Waals surface area contributed by atoms with E-state index in [1.165, 1.54) is 4.70 Å². The second-order valence-electron chi connectivity index (χ2n) is 4.97. The minimum atomic E-state index is -0.243. The van der Waals surface area contributed by atoms with Gasteiger partial charge in [-0.1, -0.05) is 23.4 Å². The number of thiophene rings is 1. The zero-order chi connectivity index (χ0) is 14.1. The number of fused-ring (bicyclic) bond motifs is 1. The molecule has 20 heavy (non-hydrogen) atoms. The maximum Gasteiger partial charge on any atom is 0.259 e. The third-order valence-corrected chi connectivity index (χ3v) is 4.01. The topological polar surface area (TPSA) is 68.2 Å². The Balaban J connectivity index is 1.94. The Morgan fingerprint density at radius 1 is 1.35 bits per heavy atom. The summed E-state index contributed by atoms with van der Waals surface area (Å²) >= 11 is 1.67. The molecule has 1 atom stereocenters. The van der Waals surface area contributed by atoms with Gasteiger partial charge in [0.25, 0.3) is 5.89 Å². The van der Waals surface area contributed by atoms with Gasteiger partial charge >= 0.3 is 0 Å². The fraction of sp³-hybridized carbons (Fsp3) is 0.286. The van der Waals surface area contributed by atoms with Gasteiger partial charge in [0.15, 0.2) is 5.82 Å². The summed E-state index contributed by atoms with van der Waals surface area (Å²) in [5.41, 5.74) is 7.02.